The number of anilines is 2. The number of H-pyrrole nitrogens is 1. The van der Waals surface area contributed by atoms with Gasteiger partial charge >= 0.3 is 0 Å². The maximum atomic E-state index is 13.3. The fraction of sp³-hybridized carbons (Fsp3) is 0.296. The number of fused-ring (bicyclic) bond motifs is 1. The summed E-state index contributed by atoms with van der Waals surface area (Å²) in [7, 11) is 3.52. The van der Waals surface area contributed by atoms with E-state index in [2.05, 4.69) is 35.7 Å². The van der Waals surface area contributed by atoms with Crippen molar-refractivity contribution in [1.82, 2.24) is 44.9 Å². The van der Waals surface area contributed by atoms with E-state index in [0.717, 1.165) is 28.6 Å². The zero-order chi connectivity index (χ0) is 28.4. The molecule has 0 aromatic carbocycles. The van der Waals surface area contributed by atoms with Crippen molar-refractivity contribution in [2.75, 3.05) is 37.6 Å². The Bertz CT molecular complexity index is 1570. The highest BCUT2D eigenvalue weighted by atomic mass is 19.1. The van der Waals surface area contributed by atoms with Gasteiger partial charge in [0.1, 0.15) is 17.1 Å². The molecular weight excluding hydrogens is 529 g/mol. The molecule has 13 nitrogen and oxygen atoms in total. The number of nitrogens with one attached hydrogen (secondary N) is 3. The topological polar surface area (TPSA) is 132 Å². The largest absolute Gasteiger partial charge is 0.368 e. The molecule has 1 fully saturated rings. The smallest absolute Gasteiger partial charge is 0.252 e. The number of ether oxygens (including phenoxy) is 1. The molecule has 0 radical (unpaired) electrons. The second kappa shape index (κ2) is 10.9. The second-order valence-electron chi connectivity index (χ2n) is 9.89. The average Bonchev–Trinajstić information content (AvgIpc) is 3.66. The Balaban J connectivity index is 1.11. The summed E-state index contributed by atoms with van der Waals surface area (Å²) in [6.07, 6.45) is 14.4. The molecule has 1 amide bonds. The van der Waals surface area contributed by atoms with E-state index in [4.69, 9.17) is 9.72 Å². The maximum Gasteiger partial charge on any atom is 0.252 e. The molecule has 41 heavy (non-hydrogen) atoms. The Kier molecular flexibility index (Phi) is 6.97. The molecule has 0 spiro atoms. The molecule has 1 saturated heterocycles. The van der Waals surface area contributed by atoms with Crippen LogP contribution in [0.3, 0.4) is 0 Å². The SMILES string of the molecule is COC1(C(=O)NCc2ccc(-n3cc(F)cn3)nc2)CCN(c2nc(NN3C=CN(C)C=C3)nc3[nH]ccc23)CC1. The van der Waals surface area contributed by atoms with Gasteiger partial charge in [0.05, 0.1) is 17.8 Å². The van der Waals surface area contributed by atoms with Gasteiger partial charge in [-0.3, -0.25) is 15.2 Å². The molecule has 3 N–H and O–H groups in total. The highest BCUT2D eigenvalue weighted by Crippen LogP contribution is 2.32. The third-order valence-corrected chi connectivity index (χ3v) is 7.27. The zero-order valence-electron chi connectivity index (χ0n) is 22.7. The molecule has 0 unspecified atom stereocenters. The van der Waals surface area contributed by atoms with Crippen molar-refractivity contribution in [3.8, 4) is 5.82 Å². The standard InChI is InChI=1S/C27H30FN11O2/c1-36-11-13-38(14-12-36)35-26-33-23-21(5-8-29-23)24(34-26)37-9-6-27(41-2,7-10-37)25(40)31-16-19-3-4-22(30-15-19)39-18-20(28)17-32-39/h3-5,8,11-15,17-18H,6-7,9-10,16H2,1-2H3,(H,31,40)(H2,29,33,34,35). The molecule has 4 aromatic heterocycles. The van der Waals surface area contributed by atoms with E-state index in [0.29, 0.717) is 37.7 Å². The Morgan fingerprint density at radius 1 is 1.12 bits per heavy atom. The van der Waals surface area contributed by atoms with Gasteiger partial charge in [-0.15, -0.1) is 0 Å². The number of rotatable bonds is 8. The highest BCUT2D eigenvalue weighted by Gasteiger charge is 2.42. The number of piperidine rings is 1. The average molecular weight is 560 g/mol. The predicted molar refractivity (Wildman–Crippen MR) is 150 cm³/mol. The van der Waals surface area contributed by atoms with Crippen LogP contribution in [0, 0.1) is 5.82 Å². The van der Waals surface area contributed by atoms with E-state index in [1.807, 2.05) is 55.1 Å². The van der Waals surface area contributed by atoms with Crippen LogP contribution in [0.5, 0.6) is 0 Å². The minimum Gasteiger partial charge on any atom is -0.368 e. The fourth-order valence-electron chi connectivity index (χ4n) is 4.89. The van der Waals surface area contributed by atoms with Crippen LogP contribution in [0.25, 0.3) is 16.9 Å². The number of nitrogens with zero attached hydrogens (tertiary/aromatic N) is 8. The van der Waals surface area contributed by atoms with Gasteiger partial charge in [0.2, 0.25) is 5.95 Å². The molecule has 6 rings (SSSR count). The number of hydrogen-bond donors (Lipinski definition) is 3. The summed E-state index contributed by atoms with van der Waals surface area (Å²) in [6.45, 7) is 1.43. The predicted octanol–water partition coefficient (Wildman–Crippen LogP) is 2.50. The first-order chi connectivity index (χ1) is 19.9. The summed E-state index contributed by atoms with van der Waals surface area (Å²) in [5, 5.41) is 9.60. The molecule has 2 aliphatic heterocycles. The first-order valence-corrected chi connectivity index (χ1v) is 13.1. The monoisotopic (exact) mass is 559 g/mol. The van der Waals surface area contributed by atoms with E-state index < -0.39 is 11.4 Å². The number of carbonyl (C=O) groups is 1. The third kappa shape index (κ3) is 5.41. The molecule has 4 aromatic rings. The van der Waals surface area contributed by atoms with Crippen LogP contribution in [-0.2, 0) is 16.1 Å². The minimum atomic E-state index is -0.961. The molecule has 0 bridgehead atoms. The van der Waals surface area contributed by atoms with Crippen LogP contribution in [0.2, 0.25) is 0 Å². The minimum absolute atomic E-state index is 0.177. The summed E-state index contributed by atoms with van der Waals surface area (Å²) in [5.41, 5.74) is 3.77. The summed E-state index contributed by atoms with van der Waals surface area (Å²) in [6, 6.07) is 5.50. The number of aromatic amines is 1. The van der Waals surface area contributed by atoms with Crippen molar-refractivity contribution >= 4 is 28.7 Å². The van der Waals surface area contributed by atoms with Crippen LogP contribution in [0.4, 0.5) is 16.2 Å². The number of methoxy groups -OCH3 is 1. The van der Waals surface area contributed by atoms with Gasteiger partial charge in [-0.25, -0.2) is 14.1 Å². The summed E-state index contributed by atoms with van der Waals surface area (Å²) in [5.74, 6) is 1.11. The lowest BCUT2D eigenvalue weighted by atomic mass is 9.90. The van der Waals surface area contributed by atoms with Gasteiger partial charge in [-0.2, -0.15) is 15.1 Å². The van der Waals surface area contributed by atoms with Crippen LogP contribution < -0.4 is 15.6 Å². The van der Waals surface area contributed by atoms with Crippen LogP contribution in [0.15, 0.2) is 67.8 Å². The van der Waals surface area contributed by atoms with Crippen molar-refractivity contribution in [2.24, 2.45) is 0 Å². The molecule has 14 heteroatoms. The molecular formula is C27H30FN11O2. The third-order valence-electron chi connectivity index (χ3n) is 7.27. The van der Waals surface area contributed by atoms with Gasteiger partial charge in [0, 0.05) is 83.8 Å². The molecule has 0 aliphatic carbocycles. The lowest BCUT2D eigenvalue weighted by Crippen LogP contribution is -2.55. The van der Waals surface area contributed by atoms with E-state index in [9.17, 15) is 9.18 Å². The Hall–Kier alpha value is -4.98. The lowest BCUT2D eigenvalue weighted by Gasteiger charge is -2.40. The van der Waals surface area contributed by atoms with Crippen LogP contribution in [0.1, 0.15) is 18.4 Å². The van der Waals surface area contributed by atoms with Gasteiger partial charge in [0.15, 0.2) is 11.6 Å². The van der Waals surface area contributed by atoms with Crippen molar-refractivity contribution in [2.45, 2.75) is 25.0 Å². The van der Waals surface area contributed by atoms with Crippen LogP contribution in [-0.4, -0.2) is 78.4 Å². The van der Waals surface area contributed by atoms with E-state index in [1.165, 1.54) is 10.9 Å². The highest BCUT2D eigenvalue weighted by molar-refractivity contribution is 5.89. The number of amides is 1. The first-order valence-electron chi connectivity index (χ1n) is 13.1. The van der Waals surface area contributed by atoms with Gasteiger partial charge < -0.3 is 24.8 Å². The number of hydrazine groups is 1. The maximum absolute atomic E-state index is 13.3. The molecule has 0 atom stereocenters. The molecule has 2 aliphatic rings. The van der Waals surface area contributed by atoms with Crippen molar-refractivity contribution in [1.29, 1.82) is 0 Å². The van der Waals surface area contributed by atoms with Gasteiger partial charge in [-0.1, -0.05) is 6.07 Å². The van der Waals surface area contributed by atoms with Crippen LogP contribution >= 0.6 is 0 Å². The first kappa shape index (κ1) is 26.3. The number of halogens is 1. The van der Waals surface area contributed by atoms with E-state index >= 15 is 0 Å². The number of hydrogen-bond acceptors (Lipinski definition) is 10. The molecule has 212 valence electrons. The van der Waals surface area contributed by atoms with E-state index in [1.54, 1.807) is 24.4 Å². The molecule has 0 saturated carbocycles. The zero-order valence-corrected chi connectivity index (χ0v) is 22.7. The van der Waals surface area contributed by atoms with Crippen molar-refractivity contribution in [3.63, 3.8) is 0 Å². The lowest BCUT2D eigenvalue weighted by molar-refractivity contribution is -0.146. The van der Waals surface area contributed by atoms with Gasteiger partial charge in [-0.05, 0) is 17.7 Å². The quantitative estimate of drug-likeness (QED) is 0.296. The Labute approximate surface area is 235 Å². The number of pyridine rings is 1. The Morgan fingerprint density at radius 2 is 1.93 bits per heavy atom. The second-order valence-corrected chi connectivity index (χ2v) is 9.89. The summed E-state index contributed by atoms with van der Waals surface area (Å²) in [4.78, 5) is 34.3. The fourth-order valence-corrected chi connectivity index (χ4v) is 4.89. The number of carbonyl (C=O) groups excluding carboxylic acids is 1. The van der Waals surface area contributed by atoms with E-state index in [-0.39, 0.29) is 12.5 Å². The normalized spacial score (nSPS) is 16.4. The van der Waals surface area contributed by atoms with Crippen molar-refractivity contribution in [3.05, 3.63) is 79.2 Å². The summed E-state index contributed by atoms with van der Waals surface area (Å²) < 4.78 is 20.4. The number of aromatic nitrogens is 6. The molecule has 6 heterocycles. The van der Waals surface area contributed by atoms with Crippen molar-refractivity contribution < 1.29 is 13.9 Å². The van der Waals surface area contributed by atoms with Gasteiger partial charge in [0.25, 0.3) is 5.91 Å². The Morgan fingerprint density at radius 3 is 2.61 bits per heavy atom. The summed E-state index contributed by atoms with van der Waals surface area (Å²) >= 11 is 0.